The van der Waals surface area contributed by atoms with Crippen molar-refractivity contribution in [2.24, 2.45) is 0 Å². The second kappa shape index (κ2) is 13.9. The van der Waals surface area contributed by atoms with E-state index in [1.54, 1.807) is 31.4 Å². The Kier molecular flexibility index (Phi) is 10.5. The smallest absolute Gasteiger partial charge is 0.406 e. The van der Waals surface area contributed by atoms with Crippen molar-refractivity contribution in [3.05, 3.63) is 48.2 Å². The normalized spacial score (nSPS) is 17.4. The molecule has 43 heavy (non-hydrogen) atoms. The highest BCUT2D eigenvalue weighted by atomic mass is 32.2. The Bertz CT molecular complexity index is 1570. The maximum atomic E-state index is 13.7. The molecule has 0 aliphatic heterocycles. The van der Waals surface area contributed by atoms with Gasteiger partial charge in [0.2, 0.25) is 0 Å². The molecule has 0 bridgehead atoms. The Morgan fingerprint density at radius 1 is 1.09 bits per heavy atom. The second-order valence-corrected chi connectivity index (χ2v) is 12.8. The van der Waals surface area contributed by atoms with Crippen molar-refractivity contribution in [3.8, 4) is 17.6 Å². The van der Waals surface area contributed by atoms with Crippen LogP contribution in [0.2, 0.25) is 0 Å². The molecule has 234 valence electrons. The minimum Gasteiger partial charge on any atom is -0.495 e. The number of halogens is 3. The molecule has 1 saturated carbocycles. The van der Waals surface area contributed by atoms with E-state index in [4.69, 9.17) is 9.47 Å². The molecule has 0 spiro atoms. The Morgan fingerprint density at radius 2 is 1.84 bits per heavy atom. The number of hydrogen-bond acceptors (Lipinski definition) is 7. The van der Waals surface area contributed by atoms with Gasteiger partial charge in [-0.05, 0) is 61.9 Å². The van der Waals surface area contributed by atoms with Gasteiger partial charge >= 0.3 is 6.18 Å². The summed E-state index contributed by atoms with van der Waals surface area (Å²) in [4.78, 5) is 2.31. The average molecular weight is 621 g/mol. The lowest BCUT2D eigenvalue weighted by atomic mass is 9.90. The van der Waals surface area contributed by atoms with E-state index in [0.717, 1.165) is 49.6 Å². The van der Waals surface area contributed by atoms with Gasteiger partial charge in [-0.25, -0.2) is 8.42 Å². The molecule has 12 heteroatoms. The summed E-state index contributed by atoms with van der Waals surface area (Å²) in [6.45, 7) is 0.442. The Morgan fingerprint density at radius 3 is 2.49 bits per heavy atom. The number of ether oxygens (including phenoxy) is 2. The van der Waals surface area contributed by atoms with E-state index in [-0.39, 0.29) is 23.2 Å². The average Bonchev–Trinajstić information content (AvgIpc) is 3.30. The number of anilines is 2. The van der Waals surface area contributed by atoms with Crippen molar-refractivity contribution in [1.29, 1.82) is 0 Å². The fourth-order valence-corrected chi connectivity index (χ4v) is 6.22. The zero-order valence-corrected chi connectivity index (χ0v) is 25.7. The fraction of sp³-hybridized carbons (Fsp3) is 0.484. The molecular weight excluding hydrogens is 581 g/mol. The van der Waals surface area contributed by atoms with Crippen LogP contribution in [0.1, 0.15) is 31.4 Å². The van der Waals surface area contributed by atoms with Gasteiger partial charge in [0.1, 0.15) is 12.3 Å². The third-order valence-electron chi connectivity index (χ3n) is 7.81. The Balaban J connectivity index is 1.56. The highest BCUT2D eigenvalue weighted by Crippen LogP contribution is 2.35. The fourth-order valence-electron chi connectivity index (χ4n) is 5.58. The maximum Gasteiger partial charge on any atom is 0.406 e. The van der Waals surface area contributed by atoms with Gasteiger partial charge in [-0.2, -0.15) is 13.2 Å². The van der Waals surface area contributed by atoms with E-state index in [0.29, 0.717) is 29.6 Å². The van der Waals surface area contributed by atoms with Crippen LogP contribution in [-0.4, -0.2) is 78.5 Å². The molecule has 1 aliphatic rings. The molecule has 1 fully saturated rings. The van der Waals surface area contributed by atoms with Gasteiger partial charge in [0.25, 0.3) is 0 Å². The minimum absolute atomic E-state index is 0.108. The number of aromatic nitrogens is 1. The van der Waals surface area contributed by atoms with Crippen LogP contribution in [0.5, 0.6) is 5.75 Å². The van der Waals surface area contributed by atoms with E-state index in [9.17, 15) is 21.6 Å². The van der Waals surface area contributed by atoms with Crippen LogP contribution in [0.3, 0.4) is 0 Å². The Labute approximate surface area is 251 Å². The standard InChI is InChI=1S/C31H39F3N4O4S/c1-37(23-12-10-22(11-13-23)35-17-18-41-2)28-8-5-9-29-26(28)19-24(38(29)21-31(32,33)34)7-6-16-36-27-15-14-25(43(4,39)40)20-30(27)42-3/h5,8-9,14-15,19-20,22-23,35-36H,10-13,16-18,21H2,1-4H3. The summed E-state index contributed by atoms with van der Waals surface area (Å²) < 4.78 is 76.4. The lowest BCUT2D eigenvalue weighted by Crippen LogP contribution is -2.41. The number of nitrogens with one attached hydrogen (secondary N) is 2. The van der Waals surface area contributed by atoms with E-state index in [1.807, 2.05) is 13.1 Å². The lowest BCUT2D eigenvalue weighted by Gasteiger charge is -2.36. The summed E-state index contributed by atoms with van der Waals surface area (Å²) in [5, 5.41) is 7.32. The predicted octanol–water partition coefficient (Wildman–Crippen LogP) is 5.06. The van der Waals surface area contributed by atoms with Gasteiger partial charge in [-0.1, -0.05) is 12.0 Å². The second-order valence-electron chi connectivity index (χ2n) is 10.8. The van der Waals surface area contributed by atoms with Gasteiger partial charge < -0.3 is 29.6 Å². The molecular formula is C31H39F3N4O4S. The number of rotatable bonds is 11. The van der Waals surface area contributed by atoms with Crippen molar-refractivity contribution in [2.45, 2.75) is 55.4 Å². The number of methoxy groups -OCH3 is 2. The van der Waals surface area contributed by atoms with Gasteiger partial charge in [-0.3, -0.25) is 0 Å². The summed E-state index contributed by atoms with van der Waals surface area (Å²) in [6.07, 6.45) is 0.689. The molecule has 0 radical (unpaired) electrons. The van der Waals surface area contributed by atoms with Crippen LogP contribution in [0.4, 0.5) is 24.5 Å². The molecule has 2 aromatic carbocycles. The van der Waals surface area contributed by atoms with Crippen molar-refractivity contribution >= 4 is 32.1 Å². The minimum atomic E-state index is -4.43. The largest absolute Gasteiger partial charge is 0.495 e. The molecule has 3 aromatic rings. The van der Waals surface area contributed by atoms with Crippen LogP contribution < -0.4 is 20.3 Å². The summed E-state index contributed by atoms with van der Waals surface area (Å²) in [7, 11) is 1.71. The van der Waals surface area contributed by atoms with E-state index >= 15 is 0 Å². The SMILES string of the molecule is COCCNC1CCC(N(C)c2cccc3c2cc(C#CCNc2ccc(S(C)(=O)=O)cc2OC)n3CC(F)(F)F)CC1. The highest BCUT2D eigenvalue weighted by molar-refractivity contribution is 7.90. The predicted molar refractivity (Wildman–Crippen MR) is 164 cm³/mol. The van der Waals surface area contributed by atoms with Crippen molar-refractivity contribution in [2.75, 3.05) is 57.4 Å². The number of alkyl halides is 3. The van der Waals surface area contributed by atoms with Crippen LogP contribution in [0.25, 0.3) is 10.9 Å². The number of fused-ring (bicyclic) bond motifs is 1. The van der Waals surface area contributed by atoms with Gasteiger partial charge in [0.05, 0.1) is 42.1 Å². The molecule has 2 N–H and O–H groups in total. The molecule has 0 amide bonds. The zero-order chi connectivity index (χ0) is 31.2. The molecule has 0 atom stereocenters. The van der Waals surface area contributed by atoms with Crippen molar-refractivity contribution in [3.63, 3.8) is 0 Å². The first kappa shape index (κ1) is 32.5. The van der Waals surface area contributed by atoms with Crippen molar-refractivity contribution in [1.82, 2.24) is 9.88 Å². The molecule has 1 heterocycles. The topological polar surface area (TPSA) is 84.8 Å². The molecule has 0 saturated heterocycles. The summed E-state index contributed by atoms with van der Waals surface area (Å²) in [5.41, 5.74) is 2.14. The third kappa shape index (κ3) is 8.37. The van der Waals surface area contributed by atoms with Crippen molar-refractivity contribution < 1.29 is 31.1 Å². The molecule has 1 aliphatic carbocycles. The first-order valence-electron chi connectivity index (χ1n) is 14.2. The highest BCUT2D eigenvalue weighted by Gasteiger charge is 2.31. The van der Waals surface area contributed by atoms with E-state index in [1.165, 1.54) is 23.8 Å². The van der Waals surface area contributed by atoms with Crippen LogP contribution in [0.15, 0.2) is 47.4 Å². The number of hydrogen-bond donors (Lipinski definition) is 2. The van der Waals surface area contributed by atoms with Gasteiger partial charge in [-0.15, -0.1) is 0 Å². The summed E-state index contributed by atoms with van der Waals surface area (Å²) >= 11 is 0. The molecule has 8 nitrogen and oxygen atoms in total. The molecule has 1 aromatic heterocycles. The zero-order valence-electron chi connectivity index (χ0n) is 24.9. The van der Waals surface area contributed by atoms with Crippen LogP contribution >= 0.6 is 0 Å². The third-order valence-corrected chi connectivity index (χ3v) is 8.92. The summed E-state index contributed by atoms with van der Waals surface area (Å²) in [6, 6.07) is 12.3. The van der Waals surface area contributed by atoms with E-state index in [2.05, 4.69) is 27.4 Å². The molecule has 0 unspecified atom stereocenters. The van der Waals surface area contributed by atoms with Gasteiger partial charge in [0, 0.05) is 56.2 Å². The quantitative estimate of drug-likeness (QED) is 0.229. The maximum absolute atomic E-state index is 13.7. The monoisotopic (exact) mass is 620 g/mol. The van der Waals surface area contributed by atoms with E-state index < -0.39 is 22.6 Å². The lowest BCUT2D eigenvalue weighted by molar-refractivity contribution is -0.140. The number of nitrogens with zero attached hydrogens (tertiary/aromatic N) is 2. The van der Waals surface area contributed by atoms with Gasteiger partial charge in [0.15, 0.2) is 9.84 Å². The van der Waals surface area contributed by atoms with Crippen LogP contribution in [0, 0.1) is 11.8 Å². The van der Waals surface area contributed by atoms with Crippen LogP contribution in [-0.2, 0) is 21.1 Å². The number of sulfone groups is 1. The first-order valence-corrected chi connectivity index (χ1v) is 16.1. The first-order chi connectivity index (χ1) is 20.4. The molecule has 4 rings (SSSR count). The summed E-state index contributed by atoms with van der Waals surface area (Å²) in [5.74, 6) is 6.16. The Hall–Kier alpha value is -3.40. The number of benzene rings is 2.